The van der Waals surface area contributed by atoms with Crippen LogP contribution in [0.25, 0.3) is 10.9 Å². The maximum absolute atomic E-state index is 12.3. The fourth-order valence-electron chi connectivity index (χ4n) is 2.04. The normalized spacial score (nSPS) is 10.4. The van der Waals surface area contributed by atoms with Gasteiger partial charge in [0.15, 0.2) is 29.0 Å². The van der Waals surface area contributed by atoms with Crippen LogP contribution >= 0.6 is 0 Å². The molecule has 3 rings (SSSR count). The van der Waals surface area contributed by atoms with E-state index in [4.69, 9.17) is 10.8 Å². The molecule has 3 aromatic rings. The van der Waals surface area contributed by atoms with Crippen LogP contribution < -0.4 is 16.9 Å². The Hall–Kier alpha value is -3.63. The van der Waals surface area contributed by atoms with E-state index in [1.807, 2.05) is 0 Å². The van der Waals surface area contributed by atoms with E-state index in [1.54, 1.807) is 24.3 Å². The predicted octanol–water partition coefficient (Wildman–Crippen LogP) is 2.77. The molecule has 142 valence electrons. The van der Waals surface area contributed by atoms with Crippen molar-refractivity contribution < 1.29 is 31.9 Å². The summed E-state index contributed by atoms with van der Waals surface area (Å²) in [5.41, 5.74) is 8.09. The Bertz CT molecular complexity index is 1010. The number of hydrogen-bond acceptors (Lipinski definition) is 4. The number of carboxylic acid groups (broad SMARTS) is 1. The van der Waals surface area contributed by atoms with Crippen LogP contribution in [0.3, 0.4) is 0 Å². The molecule has 6 N–H and O–H groups in total. The van der Waals surface area contributed by atoms with Gasteiger partial charge in [-0.1, -0.05) is 12.1 Å². The van der Waals surface area contributed by atoms with Crippen LogP contribution in [0, 0.1) is 29.1 Å². The van der Waals surface area contributed by atoms with E-state index in [0.717, 1.165) is 0 Å². The second kappa shape index (κ2) is 7.32. The third-order valence-electron chi connectivity index (χ3n) is 3.40. The molecule has 0 atom stereocenters. The molecule has 0 aliphatic rings. The molecule has 27 heavy (non-hydrogen) atoms. The Morgan fingerprint density at radius 3 is 1.85 bits per heavy atom. The molecule has 0 aliphatic heterocycles. The number of carboxylic acids is 1. The topological polar surface area (TPSA) is 122 Å². The number of hydrogen-bond donors (Lipinski definition) is 4. The SMILES string of the molecule is Nc1c(C(=O)O)[nH]c2ccccc2c1=O.Nc1c(F)c(F)c(F)c(F)c1F. The zero-order chi connectivity index (χ0) is 20.5. The third kappa shape index (κ3) is 3.52. The summed E-state index contributed by atoms with van der Waals surface area (Å²) in [7, 11) is 0. The van der Waals surface area contributed by atoms with E-state index < -0.39 is 46.2 Å². The fourth-order valence-corrected chi connectivity index (χ4v) is 2.04. The van der Waals surface area contributed by atoms with Gasteiger partial charge in [-0.25, -0.2) is 26.7 Å². The van der Waals surface area contributed by atoms with Crippen molar-refractivity contribution in [1.82, 2.24) is 4.98 Å². The van der Waals surface area contributed by atoms with E-state index in [2.05, 4.69) is 10.7 Å². The number of halogens is 5. The highest BCUT2D eigenvalue weighted by molar-refractivity contribution is 5.95. The molecular formula is C16H10F5N3O3. The number of H-pyrrole nitrogens is 1. The number of para-hydroxylation sites is 1. The molecule has 0 saturated carbocycles. The quantitative estimate of drug-likeness (QED) is 0.221. The van der Waals surface area contributed by atoms with Crippen LogP contribution in [0.1, 0.15) is 10.5 Å². The van der Waals surface area contributed by atoms with Crippen molar-refractivity contribution >= 4 is 28.2 Å². The van der Waals surface area contributed by atoms with Crippen LogP contribution in [-0.4, -0.2) is 16.1 Å². The summed E-state index contributed by atoms with van der Waals surface area (Å²) >= 11 is 0. The number of aromatic carboxylic acids is 1. The van der Waals surface area contributed by atoms with Crippen LogP contribution in [-0.2, 0) is 0 Å². The maximum Gasteiger partial charge on any atom is 0.354 e. The number of carbonyl (C=O) groups is 1. The van der Waals surface area contributed by atoms with E-state index in [9.17, 15) is 31.5 Å². The summed E-state index contributed by atoms with van der Waals surface area (Å²) in [6.07, 6.45) is 0. The zero-order valence-corrected chi connectivity index (χ0v) is 13.1. The molecule has 0 spiro atoms. The summed E-state index contributed by atoms with van der Waals surface area (Å²) in [5.74, 6) is -11.5. The van der Waals surface area contributed by atoms with Crippen LogP contribution in [0.15, 0.2) is 29.1 Å². The Labute approximate surface area is 146 Å². The number of nitrogen functional groups attached to an aromatic ring is 2. The van der Waals surface area contributed by atoms with Gasteiger partial charge in [-0.3, -0.25) is 4.79 Å². The van der Waals surface area contributed by atoms with Crippen LogP contribution in [0.4, 0.5) is 33.3 Å². The number of benzene rings is 2. The lowest BCUT2D eigenvalue weighted by Gasteiger charge is -2.03. The van der Waals surface area contributed by atoms with Gasteiger partial charge in [0.05, 0.1) is 5.52 Å². The van der Waals surface area contributed by atoms with Gasteiger partial charge in [-0.05, 0) is 12.1 Å². The average Bonchev–Trinajstić information content (AvgIpc) is 2.66. The Morgan fingerprint density at radius 1 is 0.852 bits per heavy atom. The molecule has 0 fully saturated rings. The van der Waals surface area contributed by atoms with E-state index in [0.29, 0.717) is 10.9 Å². The summed E-state index contributed by atoms with van der Waals surface area (Å²) in [4.78, 5) is 25.0. The lowest BCUT2D eigenvalue weighted by atomic mass is 10.1. The van der Waals surface area contributed by atoms with Gasteiger partial charge >= 0.3 is 5.97 Å². The third-order valence-corrected chi connectivity index (χ3v) is 3.40. The molecule has 0 bridgehead atoms. The minimum Gasteiger partial charge on any atom is -0.477 e. The van der Waals surface area contributed by atoms with Gasteiger partial charge in [0, 0.05) is 5.39 Å². The number of nitrogens with one attached hydrogen (secondary N) is 1. The molecule has 0 aliphatic carbocycles. The lowest BCUT2D eigenvalue weighted by Crippen LogP contribution is -2.16. The lowest BCUT2D eigenvalue weighted by molar-refractivity contribution is 0.0692. The van der Waals surface area contributed by atoms with Crippen molar-refractivity contribution in [2.45, 2.75) is 0 Å². The van der Waals surface area contributed by atoms with Gasteiger partial charge in [0.1, 0.15) is 11.4 Å². The van der Waals surface area contributed by atoms with Crippen molar-refractivity contribution in [2.75, 3.05) is 11.5 Å². The molecule has 0 saturated heterocycles. The summed E-state index contributed by atoms with van der Waals surface area (Å²) in [6, 6.07) is 6.62. The Balaban J connectivity index is 0.000000199. The Morgan fingerprint density at radius 2 is 1.33 bits per heavy atom. The largest absolute Gasteiger partial charge is 0.477 e. The minimum absolute atomic E-state index is 0.263. The predicted molar refractivity (Wildman–Crippen MR) is 86.6 cm³/mol. The van der Waals surface area contributed by atoms with Crippen molar-refractivity contribution in [1.29, 1.82) is 0 Å². The van der Waals surface area contributed by atoms with Gasteiger partial charge in [0.25, 0.3) is 0 Å². The highest BCUT2D eigenvalue weighted by Gasteiger charge is 2.23. The van der Waals surface area contributed by atoms with Crippen LogP contribution in [0.2, 0.25) is 0 Å². The Kier molecular flexibility index (Phi) is 5.34. The molecule has 6 nitrogen and oxygen atoms in total. The van der Waals surface area contributed by atoms with Crippen molar-refractivity contribution in [3.8, 4) is 0 Å². The number of aromatic amines is 1. The molecule has 1 aromatic heterocycles. The monoisotopic (exact) mass is 387 g/mol. The molecule has 1 heterocycles. The first-order valence-corrected chi connectivity index (χ1v) is 6.98. The van der Waals surface area contributed by atoms with Crippen molar-refractivity contribution in [3.63, 3.8) is 0 Å². The number of pyridine rings is 1. The molecule has 11 heteroatoms. The smallest absolute Gasteiger partial charge is 0.354 e. The van der Waals surface area contributed by atoms with E-state index >= 15 is 0 Å². The number of fused-ring (bicyclic) bond motifs is 1. The van der Waals surface area contributed by atoms with Gasteiger partial charge in [0.2, 0.25) is 11.2 Å². The fraction of sp³-hybridized carbons (Fsp3) is 0. The maximum atomic E-state index is 12.3. The summed E-state index contributed by atoms with van der Waals surface area (Å²) in [6.45, 7) is 0. The summed E-state index contributed by atoms with van der Waals surface area (Å²) in [5, 5.41) is 9.19. The average molecular weight is 387 g/mol. The highest BCUT2D eigenvalue weighted by atomic mass is 19.2. The van der Waals surface area contributed by atoms with Gasteiger partial charge < -0.3 is 21.6 Å². The van der Waals surface area contributed by atoms with E-state index in [-0.39, 0.29) is 11.4 Å². The number of anilines is 2. The van der Waals surface area contributed by atoms with Crippen LogP contribution in [0.5, 0.6) is 0 Å². The van der Waals surface area contributed by atoms with Gasteiger partial charge in [-0.2, -0.15) is 0 Å². The molecule has 0 radical (unpaired) electrons. The molecule has 2 aromatic carbocycles. The van der Waals surface area contributed by atoms with Crippen molar-refractivity contribution in [2.24, 2.45) is 0 Å². The summed E-state index contributed by atoms with van der Waals surface area (Å²) < 4.78 is 61.1. The van der Waals surface area contributed by atoms with Gasteiger partial charge in [-0.15, -0.1) is 0 Å². The zero-order valence-electron chi connectivity index (χ0n) is 13.1. The number of nitrogens with two attached hydrogens (primary N) is 2. The first-order chi connectivity index (χ1) is 12.6. The second-order valence-electron chi connectivity index (χ2n) is 5.08. The number of aromatic nitrogens is 1. The van der Waals surface area contributed by atoms with E-state index in [1.165, 1.54) is 0 Å². The highest BCUT2D eigenvalue weighted by Crippen LogP contribution is 2.24. The first-order valence-electron chi connectivity index (χ1n) is 6.98. The minimum atomic E-state index is -2.21. The molecule has 0 unspecified atom stereocenters. The second-order valence-corrected chi connectivity index (χ2v) is 5.08. The first kappa shape index (κ1) is 19.7. The molecular weight excluding hydrogens is 377 g/mol. The standard InChI is InChI=1S/C10H8N2O3.C6H2F5N/c11-7-8(10(14)15)12-6-4-2-1-3-5(6)9(7)13;7-1-2(8)4(10)6(12)5(11)3(1)9/h1-4H,11H2,(H,12,13)(H,14,15);12H2. The molecule has 0 amide bonds. The number of rotatable bonds is 1. The van der Waals surface area contributed by atoms with Crippen molar-refractivity contribution in [3.05, 3.63) is 69.3 Å².